The normalized spacial score (nSPS) is 11.6. The fourth-order valence-electron chi connectivity index (χ4n) is 2.07. The Labute approximate surface area is 150 Å². The molecule has 1 aromatic carbocycles. The van der Waals surface area contributed by atoms with E-state index in [4.69, 9.17) is 5.73 Å². The van der Waals surface area contributed by atoms with Gasteiger partial charge < -0.3 is 5.73 Å². The first kappa shape index (κ1) is 16.8. The number of aryl methyl sites for hydroxylation is 1. The van der Waals surface area contributed by atoms with Gasteiger partial charge in [0.25, 0.3) is 5.91 Å². The second-order valence-electron chi connectivity index (χ2n) is 5.06. The minimum Gasteiger partial charge on any atom is -0.378 e. The molecule has 0 aliphatic heterocycles. The van der Waals surface area contributed by atoms with Crippen LogP contribution < -0.4 is 11.2 Å². The van der Waals surface area contributed by atoms with E-state index in [1.54, 1.807) is 13.8 Å². The standard InChI is InChI=1S/C14H13BrN8O2/c1-7(9-4-3-5-10(15)6-9)17-19-14(24)11-8(2)18-22-23(11)13-12(16)20-25-21-13/h3-6H,1-2H3,(H2,16,20)(H,19,24)/b17-7-. The van der Waals surface area contributed by atoms with Crippen molar-refractivity contribution in [2.75, 3.05) is 5.73 Å². The van der Waals surface area contributed by atoms with Gasteiger partial charge in [-0.1, -0.05) is 33.3 Å². The van der Waals surface area contributed by atoms with Gasteiger partial charge in [0.2, 0.25) is 11.6 Å². The van der Waals surface area contributed by atoms with E-state index in [9.17, 15) is 4.79 Å². The molecule has 1 amide bonds. The SMILES string of the molecule is C/C(=N/NC(=O)c1c(C)nnn1-c1nonc1N)c1cccc(Br)c1. The number of hydrazone groups is 1. The minimum absolute atomic E-state index is 0.00670. The number of carbonyl (C=O) groups excluding carboxylic acids is 1. The molecule has 3 N–H and O–H groups in total. The highest BCUT2D eigenvalue weighted by atomic mass is 79.9. The van der Waals surface area contributed by atoms with Crippen molar-refractivity contribution in [3.63, 3.8) is 0 Å². The van der Waals surface area contributed by atoms with Gasteiger partial charge in [-0.2, -0.15) is 9.78 Å². The maximum Gasteiger partial charge on any atom is 0.292 e. The van der Waals surface area contributed by atoms with Gasteiger partial charge in [0.1, 0.15) is 0 Å². The monoisotopic (exact) mass is 404 g/mol. The Balaban J connectivity index is 1.86. The third-order valence-electron chi connectivity index (χ3n) is 3.32. The van der Waals surface area contributed by atoms with Crippen LogP contribution in [-0.4, -0.2) is 36.9 Å². The van der Waals surface area contributed by atoms with Crippen molar-refractivity contribution >= 4 is 33.4 Å². The van der Waals surface area contributed by atoms with E-state index in [0.29, 0.717) is 11.4 Å². The molecule has 0 saturated carbocycles. The molecule has 0 aliphatic carbocycles. The first-order valence-corrected chi connectivity index (χ1v) is 7.88. The Morgan fingerprint density at radius 1 is 1.40 bits per heavy atom. The van der Waals surface area contributed by atoms with E-state index < -0.39 is 5.91 Å². The van der Waals surface area contributed by atoms with Gasteiger partial charge in [-0.05, 0) is 41.9 Å². The fraction of sp³-hybridized carbons (Fsp3) is 0.143. The molecule has 3 aromatic rings. The number of nitrogens with two attached hydrogens (primary N) is 1. The lowest BCUT2D eigenvalue weighted by atomic mass is 10.1. The number of hydrogen-bond donors (Lipinski definition) is 2. The number of benzene rings is 1. The molecule has 0 unspecified atom stereocenters. The molecule has 11 heteroatoms. The molecule has 2 heterocycles. The number of halogens is 1. The maximum absolute atomic E-state index is 12.5. The molecule has 2 aromatic heterocycles. The number of aromatic nitrogens is 5. The molecule has 25 heavy (non-hydrogen) atoms. The van der Waals surface area contributed by atoms with Crippen LogP contribution in [0, 0.1) is 6.92 Å². The van der Waals surface area contributed by atoms with Crippen LogP contribution >= 0.6 is 15.9 Å². The number of amides is 1. The number of rotatable bonds is 4. The van der Waals surface area contributed by atoms with Gasteiger partial charge in [0.15, 0.2) is 5.69 Å². The summed E-state index contributed by atoms with van der Waals surface area (Å²) in [7, 11) is 0. The Morgan fingerprint density at radius 2 is 2.20 bits per heavy atom. The highest BCUT2D eigenvalue weighted by Gasteiger charge is 2.22. The summed E-state index contributed by atoms with van der Waals surface area (Å²) in [5.74, 6) is -0.439. The lowest BCUT2D eigenvalue weighted by Crippen LogP contribution is -2.24. The van der Waals surface area contributed by atoms with Crippen molar-refractivity contribution in [1.82, 2.24) is 30.7 Å². The van der Waals surface area contributed by atoms with Gasteiger partial charge in [-0.15, -0.1) is 5.10 Å². The largest absolute Gasteiger partial charge is 0.378 e. The molecule has 0 aliphatic rings. The first-order chi connectivity index (χ1) is 12.0. The Kier molecular flexibility index (Phi) is 4.57. The fourth-order valence-corrected chi connectivity index (χ4v) is 2.47. The quantitative estimate of drug-likeness (QED) is 0.495. The van der Waals surface area contributed by atoms with Gasteiger partial charge in [0, 0.05) is 4.47 Å². The molecule has 3 rings (SSSR count). The van der Waals surface area contributed by atoms with E-state index in [-0.39, 0.29) is 17.3 Å². The summed E-state index contributed by atoms with van der Waals surface area (Å²) >= 11 is 3.39. The summed E-state index contributed by atoms with van der Waals surface area (Å²) in [6.07, 6.45) is 0. The number of anilines is 1. The molecule has 0 radical (unpaired) electrons. The van der Waals surface area contributed by atoms with Gasteiger partial charge in [0.05, 0.1) is 11.4 Å². The smallest absolute Gasteiger partial charge is 0.292 e. The van der Waals surface area contributed by atoms with Crippen molar-refractivity contribution < 1.29 is 9.42 Å². The van der Waals surface area contributed by atoms with Crippen LogP contribution in [0.1, 0.15) is 28.7 Å². The molecular weight excluding hydrogens is 392 g/mol. The van der Waals surface area contributed by atoms with Crippen molar-refractivity contribution in [3.8, 4) is 5.82 Å². The molecule has 0 bridgehead atoms. The van der Waals surface area contributed by atoms with Crippen LogP contribution in [0.3, 0.4) is 0 Å². The summed E-state index contributed by atoms with van der Waals surface area (Å²) in [5, 5.41) is 18.9. The van der Waals surface area contributed by atoms with E-state index >= 15 is 0 Å². The highest BCUT2D eigenvalue weighted by Crippen LogP contribution is 2.15. The summed E-state index contributed by atoms with van der Waals surface area (Å²) < 4.78 is 6.60. The Bertz CT molecular complexity index is 961. The molecule has 10 nitrogen and oxygen atoms in total. The molecule has 0 atom stereocenters. The predicted octanol–water partition coefficient (Wildman–Crippen LogP) is 1.46. The zero-order chi connectivity index (χ0) is 18.0. The van der Waals surface area contributed by atoms with Crippen LogP contribution in [0.25, 0.3) is 5.82 Å². The third-order valence-corrected chi connectivity index (χ3v) is 3.81. The van der Waals surface area contributed by atoms with E-state index in [2.05, 4.69) is 51.7 Å². The van der Waals surface area contributed by atoms with Crippen LogP contribution in [-0.2, 0) is 0 Å². The third kappa shape index (κ3) is 3.40. The number of nitrogens with zero attached hydrogens (tertiary/aromatic N) is 6. The second-order valence-corrected chi connectivity index (χ2v) is 5.97. The highest BCUT2D eigenvalue weighted by molar-refractivity contribution is 9.10. The van der Waals surface area contributed by atoms with Crippen molar-refractivity contribution in [2.45, 2.75) is 13.8 Å². The molecular formula is C14H13BrN8O2. The summed E-state index contributed by atoms with van der Waals surface area (Å²) in [6, 6.07) is 7.56. The number of hydrogen-bond acceptors (Lipinski definition) is 8. The average Bonchev–Trinajstić information content (AvgIpc) is 3.17. The van der Waals surface area contributed by atoms with Crippen molar-refractivity contribution in [2.24, 2.45) is 5.10 Å². The molecule has 0 saturated heterocycles. The maximum atomic E-state index is 12.5. The van der Waals surface area contributed by atoms with Crippen LogP contribution in [0.2, 0.25) is 0 Å². The minimum atomic E-state index is -0.515. The zero-order valence-electron chi connectivity index (χ0n) is 13.3. The van der Waals surface area contributed by atoms with E-state index in [0.717, 1.165) is 14.7 Å². The van der Waals surface area contributed by atoms with E-state index in [1.807, 2.05) is 24.3 Å². The summed E-state index contributed by atoms with van der Waals surface area (Å²) in [4.78, 5) is 12.5. The van der Waals surface area contributed by atoms with Crippen LogP contribution in [0.15, 0.2) is 38.5 Å². The Morgan fingerprint density at radius 3 is 2.88 bits per heavy atom. The van der Waals surface area contributed by atoms with Gasteiger partial charge in [-0.25, -0.2) is 10.1 Å². The van der Waals surface area contributed by atoms with Crippen LogP contribution in [0.5, 0.6) is 0 Å². The second kappa shape index (κ2) is 6.81. The molecule has 0 spiro atoms. The van der Waals surface area contributed by atoms with Gasteiger partial charge >= 0.3 is 0 Å². The topological polar surface area (TPSA) is 137 Å². The van der Waals surface area contributed by atoms with Crippen molar-refractivity contribution in [3.05, 3.63) is 45.7 Å². The van der Waals surface area contributed by atoms with Gasteiger partial charge in [-0.3, -0.25) is 4.79 Å². The summed E-state index contributed by atoms with van der Waals surface area (Å²) in [6.45, 7) is 3.41. The predicted molar refractivity (Wildman–Crippen MR) is 92.2 cm³/mol. The number of carbonyl (C=O) groups is 1. The van der Waals surface area contributed by atoms with E-state index in [1.165, 1.54) is 0 Å². The number of nitrogen functional groups attached to an aromatic ring is 1. The van der Waals surface area contributed by atoms with Crippen LogP contribution in [0.4, 0.5) is 5.82 Å². The average molecular weight is 405 g/mol. The first-order valence-electron chi connectivity index (χ1n) is 7.08. The van der Waals surface area contributed by atoms with Crippen molar-refractivity contribution in [1.29, 1.82) is 0 Å². The number of nitrogens with one attached hydrogen (secondary N) is 1. The molecule has 0 fully saturated rings. The lowest BCUT2D eigenvalue weighted by molar-refractivity contribution is 0.0946. The molecule has 128 valence electrons. The Hall–Kier alpha value is -3.08. The zero-order valence-corrected chi connectivity index (χ0v) is 14.9. The summed E-state index contributed by atoms with van der Waals surface area (Å²) in [5.41, 5.74) is 10.1. The lowest BCUT2D eigenvalue weighted by Gasteiger charge is -2.05.